The highest BCUT2D eigenvalue weighted by molar-refractivity contribution is 7.62. The lowest BCUT2D eigenvalue weighted by Crippen LogP contribution is -2.37. The Bertz CT molecular complexity index is 931. The number of alkyl halides is 1. The standard InChI is InChI=1S/C22H24FO7P/c1-31(2,26)14-28-22-18(23)19(30-21(25)16-11-7-4-8-12-16)17(29-22)13-27-20(24)15-9-5-3-6-10-15/h3-12,17-19,22H,13-14H2,1-2H3/t17-,18+,19-,22+/m1/s1. The van der Waals surface area contributed by atoms with Gasteiger partial charge >= 0.3 is 11.9 Å². The van der Waals surface area contributed by atoms with Crippen molar-refractivity contribution >= 4 is 19.1 Å². The predicted molar refractivity (Wildman–Crippen MR) is 111 cm³/mol. The zero-order valence-electron chi connectivity index (χ0n) is 17.2. The molecule has 31 heavy (non-hydrogen) atoms. The Labute approximate surface area is 179 Å². The predicted octanol–water partition coefficient (Wildman–Crippen LogP) is 3.73. The minimum atomic E-state index is -2.59. The molecule has 3 rings (SSSR count). The van der Waals surface area contributed by atoms with Crippen LogP contribution in [-0.4, -0.2) is 62.9 Å². The van der Waals surface area contributed by atoms with Crippen molar-refractivity contribution in [1.29, 1.82) is 0 Å². The van der Waals surface area contributed by atoms with Crippen LogP contribution in [0.4, 0.5) is 4.39 Å². The Morgan fingerprint density at radius 2 is 1.52 bits per heavy atom. The van der Waals surface area contributed by atoms with Crippen molar-refractivity contribution in [2.24, 2.45) is 0 Å². The van der Waals surface area contributed by atoms with Gasteiger partial charge in [0.15, 0.2) is 18.6 Å². The van der Waals surface area contributed by atoms with Crippen LogP contribution in [0.3, 0.4) is 0 Å². The van der Waals surface area contributed by atoms with Crippen molar-refractivity contribution in [3.8, 4) is 0 Å². The van der Waals surface area contributed by atoms with E-state index in [4.69, 9.17) is 18.9 Å². The molecule has 0 amide bonds. The molecule has 0 N–H and O–H groups in total. The molecule has 1 fully saturated rings. The number of rotatable bonds is 8. The summed E-state index contributed by atoms with van der Waals surface area (Å²) in [5.41, 5.74) is 0.562. The SMILES string of the molecule is CP(C)(=O)CO[C@H]1O[C@H](COC(=O)c2ccccc2)[C@@H](OC(=O)c2ccccc2)[C@@H]1F. The van der Waals surface area contributed by atoms with Gasteiger partial charge in [0.2, 0.25) is 0 Å². The maximum Gasteiger partial charge on any atom is 0.338 e. The second-order valence-electron chi connectivity index (χ2n) is 7.56. The van der Waals surface area contributed by atoms with Gasteiger partial charge in [-0.05, 0) is 37.6 Å². The van der Waals surface area contributed by atoms with Gasteiger partial charge in [0.05, 0.1) is 11.1 Å². The van der Waals surface area contributed by atoms with E-state index in [0.717, 1.165) is 0 Å². The van der Waals surface area contributed by atoms with Gasteiger partial charge in [0.1, 0.15) is 26.2 Å². The minimum Gasteiger partial charge on any atom is -0.459 e. The molecule has 2 aromatic carbocycles. The highest BCUT2D eigenvalue weighted by atomic mass is 31.2. The Balaban J connectivity index is 1.70. The number of benzene rings is 2. The molecule has 7 nitrogen and oxygen atoms in total. The van der Waals surface area contributed by atoms with Crippen LogP contribution in [0.2, 0.25) is 0 Å². The van der Waals surface area contributed by atoms with Crippen molar-refractivity contribution in [2.45, 2.75) is 24.7 Å². The lowest BCUT2D eigenvalue weighted by molar-refractivity contribution is -0.147. The summed E-state index contributed by atoms with van der Waals surface area (Å²) in [6.07, 6.45) is -5.90. The highest BCUT2D eigenvalue weighted by Crippen LogP contribution is 2.38. The first-order valence-electron chi connectivity index (χ1n) is 9.68. The van der Waals surface area contributed by atoms with E-state index in [2.05, 4.69) is 0 Å². The van der Waals surface area contributed by atoms with Crippen LogP contribution in [0.15, 0.2) is 60.7 Å². The van der Waals surface area contributed by atoms with E-state index in [1.54, 1.807) is 48.5 Å². The maximum atomic E-state index is 15.0. The third kappa shape index (κ3) is 6.47. The van der Waals surface area contributed by atoms with Gasteiger partial charge in [-0.25, -0.2) is 14.0 Å². The molecule has 1 aliphatic rings. The molecule has 1 heterocycles. The Morgan fingerprint density at radius 1 is 0.968 bits per heavy atom. The van der Waals surface area contributed by atoms with Gasteiger partial charge in [0, 0.05) is 0 Å². The average molecular weight is 450 g/mol. The monoisotopic (exact) mass is 450 g/mol. The fourth-order valence-electron chi connectivity index (χ4n) is 2.93. The summed E-state index contributed by atoms with van der Waals surface area (Å²) < 4.78 is 48.4. The molecular formula is C22H24FO7P. The second kappa shape index (κ2) is 10.2. The number of hydrogen-bond donors (Lipinski definition) is 0. The third-order valence-corrected chi connectivity index (χ3v) is 5.21. The zero-order valence-corrected chi connectivity index (χ0v) is 18.1. The quantitative estimate of drug-likeness (QED) is 0.447. The number of carbonyl (C=O) groups is 2. The highest BCUT2D eigenvalue weighted by Gasteiger charge is 2.49. The second-order valence-corrected chi connectivity index (χ2v) is 11.0. The smallest absolute Gasteiger partial charge is 0.338 e. The first-order valence-corrected chi connectivity index (χ1v) is 12.5. The third-order valence-electron chi connectivity index (χ3n) is 4.44. The molecule has 0 saturated carbocycles. The molecule has 166 valence electrons. The molecule has 0 aliphatic carbocycles. The number of carbonyl (C=O) groups excluding carboxylic acids is 2. The Morgan fingerprint density at radius 3 is 2.06 bits per heavy atom. The zero-order chi connectivity index (χ0) is 22.4. The molecule has 0 radical (unpaired) electrons. The summed E-state index contributed by atoms with van der Waals surface area (Å²) in [6.45, 7) is 2.65. The van der Waals surface area contributed by atoms with E-state index in [-0.39, 0.29) is 18.5 Å². The normalized spacial score (nSPS) is 23.3. The van der Waals surface area contributed by atoms with E-state index in [1.165, 1.54) is 25.5 Å². The molecule has 4 atom stereocenters. The van der Waals surface area contributed by atoms with Crippen molar-refractivity contribution in [3.63, 3.8) is 0 Å². The number of esters is 2. The number of halogens is 1. The van der Waals surface area contributed by atoms with Crippen LogP contribution in [0, 0.1) is 0 Å². The van der Waals surface area contributed by atoms with Gasteiger partial charge in [-0.3, -0.25) is 0 Å². The molecule has 1 aliphatic heterocycles. The molecule has 9 heteroatoms. The van der Waals surface area contributed by atoms with E-state index in [9.17, 15) is 14.2 Å². The molecular weight excluding hydrogens is 426 g/mol. The fraction of sp³-hybridized carbons (Fsp3) is 0.364. The van der Waals surface area contributed by atoms with Crippen molar-refractivity contribution in [2.75, 3.05) is 26.3 Å². The van der Waals surface area contributed by atoms with Gasteiger partial charge in [-0.15, -0.1) is 0 Å². The molecule has 1 saturated heterocycles. The van der Waals surface area contributed by atoms with E-state index in [0.29, 0.717) is 5.56 Å². The summed E-state index contributed by atoms with van der Waals surface area (Å²) in [5, 5.41) is 0. The molecule has 0 spiro atoms. The lowest BCUT2D eigenvalue weighted by atomic mass is 10.1. The fourth-order valence-corrected chi connectivity index (χ4v) is 3.43. The van der Waals surface area contributed by atoms with Crippen LogP contribution >= 0.6 is 7.14 Å². The van der Waals surface area contributed by atoms with Gasteiger partial charge in [-0.2, -0.15) is 0 Å². The van der Waals surface area contributed by atoms with Crippen molar-refractivity contribution in [1.82, 2.24) is 0 Å². The largest absolute Gasteiger partial charge is 0.459 e. The molecule has 0 unspecified atom stereocenters. The van der Waals surface area contributed by atoms with Gasteiger partial charge in [0.25, 0.3) is 0 Å². The summed E-state index contributed by atoms with van der Waals surface area (Å²) in [4.78, 5) is 24.7. The molecule has 0 aromatic heterocycles. The van der Waals surface area contributed by atoms with Crippen molar-refractivity contribution in [3.05, 3.63) is 71.8 Å². The van der Waals surface area contributed by atoms with Crippen LogP contribution < -0.4 is 0 Å². The van der Waals surface area contributed by atoms with E-state index >= 15 is 4.39 Å². The maximum absolute atomic E-state index is 15.0. The molecule has 0 bridgehead atoms. The van der Waals surface area contributed by atoms with Gasteiger partial charge in [-0.1, -0.05) is 36.4 Å². The lowest BCUT2D eigenvalue weighted by Gasteiger charge is -2.19. The van der Waals surface area contributed by atoms with Gasteiger partial charge < -0.3 is 23.5 Å². The first-order chi connectivity index (χ1) is 14.7. The summed E-state index contributed by atoms with van der Waals surface area (Å²) >= 11 is 0. The van der Waals surface area contributed by atoms with Crippen LogP contribution in [-0.2, 0) is 23.5 Å². The number of hydrogen-bond acceptors (Lipinski definition) is 7. The van der Waals surface area contributed by atoms with E-state index in [1.807, 2.05) is 0 Å². The van der Waals surface area contributed by atoms with Crippen LogP contribution in [0.25, 0.3) is 0 Å². The van der Waals surface area contributed by atoms with Crippen molar-refractivity contribution < 1.29 is 37.5 Å². The van der Waals surface area contributed by atoms with E-state index < -0.39 is 43.8 Å². The summed E-state index contributed by atoms with van der Waals surface area (Å²) in [6, 6.07) is 16.4. The van der Waals surface area contributed by atoms with Crippen LogP contribution in [0.1, 0.15) is 20.7 Å². The Hall–Kier alpha value is -2.54. The van der Waals surface area contributed by atoms with Crippen LogP contribution in [0.5, 0.6) is 0 Å². The summed E-state index contributed by atoms with van der Waals surface area (Å²) in [5.74, 6) is -1.36. The number of ether oxygens (including phenoxy) is 4. The topological polar surface area (TPSA) is 88.1 Å². The summed E-state index contributed by atoms with van der Waals surface area (Å²) in [7, 11) is -2.59. The minimum absolute atomic E-state index is 0.200. The Kier molecular flexibility index (Phi) is 7.59. The molecule has 2 aromatic rings. The first kappa shape index (κ1) is 23.1. The average Bonchev–Trinajstić information content (AvgIpc) is 3.06.